The molecular weight excluding hydrogens is 196 g/mol. The molecule has 0 heterocycles. The Hall–Kier alpha value is -0.160. The summed E-state index contributed by atoms with van der Waals surface area (Å²) in [7, 11) is 0. The normalized spacial score (nSPS) is 14.2. The minimum Gasteiger partial charge on any atom is -0.385 e. The highest BCUT2D eigenvalue weighted by Gasteiger charge is 2.35. The maximum absolute atomic E-state index is 9.85. The van der Waals surface area contributed by atoms with E-state index in [0.29, 0.717) is 13.2 Å². The van der Waals surface area contributed by atoms with Gasteiger partial charge in [-0.2, -0.15) is 0 Å². The Balaban J connectivity index is 3.95. The third-order valence-corrected chi connectivity index (χ3v) is 2.14. The van der Waals surface area contributed by atoms with Crippen LogP contribution >= 0.6 is 0 Å². The van der Waals surface area contributed by atoms with Crippen LogP contribution < -0.4 is 0 Å². The van der Waals surface area contributed by atoms with Crippen molar-refractivity contribution < 1.29 is 19.7 Å². The van der Waals surface area contributed by atoms with Gasteiger partial charge in [0.2, 0.25) is 0 Å². The molecule has 0 saturated heterocycles. The van der Waals surface area contributed by atoms with E-state index in [0.717, 1.165) is 25.7 Å². The standard InChI is InChI=1S/C11H24O4/c1-4-6-8-14-11(13,10(3)12)15-9-7-5-2/h10,12-13H,4-9H2,1-3H3. The van der Waals surface area contributed by atoms with E-state index >= 15 is 0 Å². The molecule has 92 valence electrons. The third-order valence-electron chi connectivity index (χ3n) is 2.14. The molecule has 0 aromatic heterocycles. The zero-order chi connectivity index (χ0) is 11.7. The van der Waals surface area contributed by atoms with Crippen LogP contribution in [0.15, 0.2) is 0 Å². The zero-order valence-electron chi connectivity index (χ0n) is 10.0. The molecule has 0 spiro atoms. The summed E-state index contributed by atoms with van der Waals surface area (Å²) in [6.45, 7) is 6.30. The van der Waals surface area contributed by atoms with Crippen molar-refractivity contribution in [2.75, 3.05) is 13.2 Å². The van der Waals surface area contributed by atoms with Crippen LogP contribution in [0.3, 0.4) is 0 Å². The number of aliphatic hydroxyl groups excluding tert-OH is 1. The lowest BCUT2D eigenvalue weighted by molar-refractivity contribution is -0.393. The lowest BCUT2D eigenvalue weighted by Gasteiger charge is -2.30. The van der Waals surface area contributed by atoms with Crippen LogP contribution in [0.2, 0.25) is 0 Å². The fourth-order valence-electron chi connectivity index (χ4n) is 1.01. The predicted molar refractivity (Wildman–Crippen MR) is 58.4 cm³/mol. The Bertz CT molecular complexity index is 138. The van der Waals surface area contributed by atoms with Gasteiger partial charge in [0.05, 0.1) is 13.2 Å². The molecule has 2 N–H and O–H groups in total. The van der Waals surface area contributed by atoms with E-state index in [9.17, 15) is 10.2 Å². The van der Waals surface area contributed by atoms with Gasteiger partial charge in [0.15, 0.2) is 0 Å². The predicted octanol–water partition coefficient (Wildman–Crippen LogP) is 1.65. The molecule has 0 saturated carbocycles. The molecule has 0 aliphatic carbocycles. The van der Waals surface area contributed by atoms with Crippen molar-refractivity contribution in [2.24, 2.45) is 0 Å². The minimum atomic E-state index is -1.84. The molecule has 0 rings (SSSR count). The van der Waals surface area contributed by atoms with Crippen molar-refractivity contribution >= 4 is 0 Å². The second kappa shape index (κ2) is 8.05. The quantitative estimate of drug-likeness (QED) is 0.458. The smallest absolute Gasteiger partial charge is 0.307 e. The first-order chi connectivity index (χ1) is 7.06. The van der Waals surface area contributed by atoms with Gasteiger partial charge in [-0.05, 0) is 19.8 Å². The SMILES string of the molecule is CCCCOC(O)(OCCCC)C(C)O. The summed E-state index contributed by atoms with van der Waals surface area (Å²) in [5.74, 6) is -1.84. The van der Waals surface area contributed by atoms with Gasteiger partial charge in [-0.1, -0.05) is 26.7 Å². The van der Waals surface area contributed by atoms with E-state index in [-0.39, 0.29) is 0 Å². The number of ether oxygens (including phenoxy) is 2. The van der Waals surface area contributed by atoms with E-state index in [2.05, 4.69) is 0 Å². The van der Waals surface area contributed by atoms with Crippen molar-refractivity contribution in [2.45, 2.75) is 58.5 Å². The molecule has 1 unspecified atom stereocenters. The fraction of sp³-hybridized carbons (Fsp3) is 1.00. The first kappa shape index (κ1) is 14.8. The van der Waals surface area contributed by atoms with Gasteiger partial charge in [-0.25, -0.2) is 0 Å². The first-order valence-corrected chi connectivity index (χ1v) is 5.75. The summed E-state index contributed by atoms with van der Waals surface area (Å²) in [5, 5.41) is 19.2. The van der Waals surface area contributed by atoms with Gasteiger partial charge in [-0.3, -0.25) is 0 Å². The highest BCUT2D eigenvalue weighted by atomic mass is 16.8. The second-order valence-corrected chi connectivity index (χ2v) is 3.71. The lowest BCUT2D eigenvalue weighted by atomic mass is 10.3. The Morgan fingerprint density at radius 3 is 1.73 bits per heavy atom. The van der Waals surface area contributed by atoms with Crippen LogP contribution in [0.25, 0.3) is 0 Å². The van der Waals surface area contributed by atoms with Gasteiger partial charge >= 0.3 is 5.97 Å². The molecule has 0 fully saturated rings. The van der Waals surface area contributed by atoms with Gasteiger partial charge in [0, 0.05) is 0 Å². The van der Waals surface area contributed by atoms with Crippen molar-refractivity contribution in [3.8, 4) is 0 Å². The summed E-state index contributed by atoms with van der Waals surface area (Å²) in [5.41, 5.74) is 0. The van der Waals surface area contributed by atoms with Crippen LogP contribution in [0, 0.1) is 0 Å². The third kappa shape index (κ3) is 6.10. The number of rotatable bonds is 9. The average molecular weight is 220 g/mol. The molecule has 4 nitrogen and oxygen atoms in total. The van der Waals surface area contributed by atoms with E-state index in [1.54, 1.807) is 0 Å². The Morgan fingerprint density at radius 1 is 1.07 bits per heavy atom. The van der Waals surface area contributed by atoms with E-state index in [1.165, 1.54) is 6.92 Å². The Labute approximate surface area is 92.2 Å². The second-order valence-electron chi connectivity index (χ2n) is 3.71. The van der Waals surface area contributed by atoms with Gasteiger partial charge < -0.3 is 19.7 Å². The van der Waals surface area contributed by atoms with Gasteiger partial charge in [0.25, 0.3) is 0 Å². The van der Waals surface area contributed by atoms with E-state index < -0.39 is 12.1 Å². The summed E-state index contributed by atoms with van der Waals surface area (Å²) < 4.78 is 10.3. The summed E-state index contributed by atoms with van der Waals surface area (Å²) in [6.07, 6.45) is 2.58. The first-order valence-electron chi connectivity index (χ1n) is 5.75. The molecule has 0 aromatic carbocycles. The number of hydrogen-bond acceptors (Lipinski definition) is 4. The van der Waals surface area contributed by atoms with E-state index in [1.807, 2.05) is 13.8 Å². The number of hydrogen-bond donors (Lipinski definition) is 2. The van der Waals surface area contributed by atoms with Crippen molar-refractivity contribution in [3.05, 3.63) is 0 Å². The molecule has 0 amide bonds. The molecule has 15 heavy (non-hydrogen) atoms. The van der Waals surface area contributed by atoms with Crippen molar-refractivity contribution in [1.29, 1.82) is 0 Å². The topological polar surface area (TPSA) is 58.9 Å². The molecule has 1 atom stereocenters. The largest absolute Gasteiger partial charge is 0.385 e. The zero-order valence-corrected chi connectivity index (χ0v) is 10.0. The summed E-state index contributed by atoms with van der Waals surface area (Å²) >= 11 is 0. The minimum absolute atomic E-state index is 0.393. The summed E-state index contributed by atoms with van der Waals surface area (Å²) in [6, 6.07) is 0. The maximum Gasteiger partial charge on any atom is 0.307 e. The van der Waals surface area contributed by atoms with Gasteiger partial charge in [0.1, 0.15) is 6.10 Å². The Morgan fingerprint density at radius 2 is 1.47 bits per heavy atom. The number of aliphatic hydroxyl groups is 2. The van der Waals surface area contributed by atoms with E-state index in [4.69, 9.17) is 9.47 Å². The van der Waals surface area contributed by atoms with Crippen LogP contribution in [0.1, 0.15) is 46.5 Å². The van der Waals surface area contributed by atoms with Crippen LogP contribution in [-0.4, -0.2) is 35.5 Å². The molecule has 0 aliphatic rings. The molecule has 0 bridgehead atoms. The lowest BCUT2D eigenvalue weighted by Crippen LogP contribution is -2.46. The van der Waals surface area contributed by atoms with Gasteiger partial charge in [-0.15, -0.1) is 0 Å². The number of unbranched alkanes of at least 4 members (excludes halogenated alkanes) is 2. The molecule has 0 radical (unpaired) electrons. The molecule has 4 heteroatoms. The highest BCUT2D eigenvalue weighted by Crippen LogP contribution is 2.16. The Kier molecular flexibility index (Phi) is 7.96. The highest BCUT2D eigenvalue weighted by molar-refractivity contribution is 4.62. The molecular formula is C11H24O4. The van der Waals surface area contributed by atoms with Crippen LogP contribution in [-0.2, 0) is 9.47 Å². The van der Waals surface area contributed by atoms with Crippen molar-refractivity contribution in [3.63, 3.8) is 0 Å². The monoisotopic (exact) mass is 220 g/mol. The average Bonchev–Trinajstić information content (AvgIpc) is 2.18. The molecule has 0 aromatic rings. The fourth-order valence-corrected chi connectivity index (χ4v) is 1.01. The summed E-state index contributed by atoms with van der Waals surface area (Å²) in [4.78, 5) is 0. The maximum atomic E-state index is 9.85. The molecule has 0 aliphatic heterocycles. The van der Waals surface area contributed by atoms with Crippen LogP contribution in [0.5, 0.6) is 0 Å². The van der Waals surface area contributed by atoms with Crippen molar-refractivity contribution in [1.82, 2.24) is 0 Å². The van der Waals surface area contributed by atoms with Crippen LogP contribution in [0.4, 0.5) is 0 Å².